The van der Waals surface area contributed by atoms with Crippen LogP contribution in [0.3, 0.4) is 0 Å². The zero-order chi connectivity index (χ0) is 24.4. The third kappa shape index (κ3) is 3.69. The number of aromatic amines is 1. The summed E-state index contributed by atoms with van der Waals surface area (Å²) in [6, 6.07) is 2.22. The number of rotatable bonds is 4. The predicted octanol–water partition coefficient (Wildman–Crippen LogP) is 5.19. The minimum atomic E-state index is 0. The molecule has 186 valence electrons. The van der Waals surface area contributed by atoms with Crippen molar-refractivity contribution < 1.29 is 6.22 Å². The van der Waals surface area contributed by atoms with Crippen LogP contribution in [-0.4, -0.2) is 68.5 Å². The van der Waals surface area contributed by atoms with Gasteiger partial charge in [-0.05, 0) is 68.3 Å². The van der Waals surface area contributed by atoms with Crippen molar-refractivity contribution in [1.29, 1.82) is 0 Å². The lowest BCUT2D eigenvalue weighted by Gasteiger charge is -2.40. The van der Waals surface area contributed by atoms with Crippen molar-refractivity contribution in [2.45, 2.75) is 52.4 Å². The van der Waals surface area contributed by atoms with E-state index >= 15 is 0 Å². The van der Waals surface area contributed by atoms with E-state index in [1.807, 2.05) is 15.9 Å². The minimum Gasteiger partial charge on any atom is -0.346 e. The van der Waals surface area contributed by atoms with Crippen molar-refractivity contribution in [3.8, 4) is 11.3 Å². The minimum absolute atomic E-state index is 0. The van der Waals surface area contributed by atoms with Crippen LogP contribution >= 0.6 is 11.3 Å². The zero-order valence-corrected chi connectivity index (χ0v) is 22.1. The number of H-pyrrole nitrogens is 1. The van der Waals surface area contributed by atoms with Crippen LogP contribution < -0.4 is 0 Å². The molecule has 35 heavy (non-hydrogen) atoms. The van der Waals surface area contributed by atoms with Crippen molar-refractivity contribution >= 4 is 33.1 Å². The summed E-state index contributed by atoms with van der Waals surface area (Å²) >= 11 is 1.92. The summed E-state index contributed by atoms with van der Waals surface area (Å²) in [5.74, 6) is 1.51. The highest BCUT2D eigenvalue weighted by atomic mass is 32.1. The van der Waals surface area contributed by atoms with Crippen LogP contribution in [0.25, 0.3) is 27.1 Å². The first-order chi connectivity index (χ1) is 16.8. The molecule has 1 amide bonds. The zero-order valence-electron chi connectivity index (χ0n) is 21.3. The maximum atomic E-state index is 12.8. The number of amides is 1. The van der Waals surface area contributed by atoms with Gasteiger partial charge in [-0.1, -0.05) is 13.8 Å². The van der Waals surface area contributed by atoms with Gasteiger partial charge in [-0.2, -0.15) is 5.10 Å². The number of thiophene rings is 1. The number of carbonyl (C=O) groups excluding carboxylic acids is 1. The monoisotopic (exact) mass is 492 g/mol. The van der Waals surface area contributed by atoms with Gasteiger partial charge in [0.1, 0.15) is 11.2 Å². The fourth-order valence-corrected chi connectivity index (χ4v) is 7.55. The molecule has 0 saturated carbocycles. The first-order valence-corrected chi connectivity index (χ1v) is 13.6. The van der Waals surface area contributed by atoms with E-state index < -0.39 is 0 Å². The third-order valence-corrected chi connectivity index (χ3v) is 9.35. The number of carbonyl (C=O) groups is 1. The third-order valence-electron chi connectivity index (χ3n) is 7.98. The quantitative estimate of drug-likeness (QED) is 0.425. The normalized spacial score (nSPS) is 18.3. The van der Waals surface area contributed by atoms with Gasteiger partial charge in [0.25, 0.3) is 0 Å². The Hall–Kier alpha value is -2.71. The second-order valence-corrected chi connectivity index (χ2v) is 11.9. The lowest BCUT2D eigenvalue weighted by molar-refractivity contribution is -0.141. The molecule has 2 aliphatic heterocycles. The molecule has 0 aromatic carbocycles. The van der Waals surface area contributed by atoms with Crippen molar-refractivity contribution in [2.24, 2.45) is 5.92 Å². The summed E-state index contributed by atoms with van der Waals surface area (Å²) in [5, 5.41) is 5.77. The number of pyridine rings is 1. The fourth-order valence-electron chi connectivity index (χ4n) is 6.15. The Labute approximate surface area is 211 Å². The first kappa shape index (κ1) is 22.7. The molecule has 8 heteroatoms. The predicted molar refractivity (Wildman–Crippen MR) is 143 cm³/mol. The number of aromatic nitrogens is 4. The summed E-state index contributed by atoms with van der Waals surface area (Å²) in [6.45, 7) is 12.6. The Morgan fingerprint density at radius 1 is 1.23 bits per heavy atom. The Morgan fingerprint density at radius 2 is 1.97 bits per heavy atom. The van der Waals surface area contributed by atoms with Gasteiger partial charge in [-0.25, -0.2) is 9.50 Å². The maximum Gasteiger partial charge on any atom is 0.228 e. The van der Waals surface area contributed by atoms with E-state index in [4.69, 9.17) is 0 Å². The van der Waals surface area contributed by atoms with Crippen LogP contribution in [-0.2, 0) is 4.79 Å². The first-order valence-electron chi connectivity index (χ1n) is 12.7. The summed E-state index contributed by atoms with van der Waals surface area (Å²) in [7, 11) is 2.09. The fraction of sp³-hybridized carbons (Fsp3) is 0.519. The number of hydrogen-bond donors (Lipinski definition) is 1. The Bertz CT molecular complexity index is 1420. The van der Waals surface area contributed by atoms with E-state index in [2.05, 4.69) is 71.9 Å². The second-order valence-electron chi connectivity index (χ2n) is 10.8. The smallest absolute Gasteiger partial charge is 0.228 e. The molecule has 6 heterocycles. The van der Waals surface area contributed by atoms with Crippen molar-refractivity contribution in [3.63, 3.8) is 0 Å². The van der Waals surface area contributed by atoms with Gasteiger partial charge in [0.2, 0.25) is 5.91 Å². The van der Waals surface area contributed by atoms with Crippen LogP contribution in [0.1, 0.15) is 61.5 Å². The number of hydrogen-bond acceptors (Lipinski definition) is 5. The number of aryl methyl sites for hydroxylation is 2. The van der Waals surface area contributed by atoms with Crippen LogP contribution in [0, 0.1) is 19.8 Å². The molecule has 0 aliphatic carbocycles. The summed E-state index contributed by atoms with van der Waals surface area (Å²) in [4.78, 5) is 28.1. The molecule has 4 aromatic heterocycles. The van der Waals surface area contributed by atoms with Crippen LogP contribution in [0.15, 0.2) is 18.6 Å². The van der Waals surface area contributed by atoms with Crippen LogP contribution in [0.4, 0.5) is 0 Å². The molecular formula is C27H36N6OS. The second kappa shape index (κ2) is 8.45. The molecule has 0 radical (unpaired) electrons. The van der Waals surface area contributed by atoms with Crippen molar-refractivity contribution in [3.05, 3.63) is 40.2 Å². The van der Waals surface area contributed by atoms with Gasteiger partial charge in [0.15, 0.2) is 5.65 Å². The largest absolute Gasteiger partial charge is 0.346 e. The van der Waals surface area contributed by atoms with Gasteiger partial charge in [0, 0.05) is 49.6 Å². The van der Waals surface area contributed by atoms with E-state index in [0.717, 1.165) is 55.8 Å². The average Bonchev–Trinajstić information content (AvgIpc) is 3.51. The molecule has 0 spiro atoms. The molecule has 0 bridgehead atoms. The maximum absolute atomic E-state index is 12.8. The van der Waals surface area contributed by atoms with E-state index in [1.165, 1.54) is 31.9 Å². The molecule has 2 aliphatic rings. The number of nitrogens with one attached hydrogen (secondary N) is 1. The van der Waals surface area contributed by atoms with E-state index in [1.54, 1.807) is 6.33 Å². The van der Waals surface area contributed by atoms with Gasteiger partial charge in [-0.15, -0.1) is 11.3 Å². The molecule has 1 N–H and O–H groups in total. The summed E-state index contributed by atoms with van der Waals surface area (Å²) in [6.07, 6.45) is 5.82. The van der Waals surface area contributed by atoms with E-state index in [0.29, 0.717) is 17.7 Å². The molecule has 2 saturated heterocycles. The summed E-state index contributed by atoms with van der Waals surface area (Å²) < 4.78 is 1.87. The average molecular weight is 493 g/mol. The number of likely N-dealkylation sites (tertiary alicyclic amines) is 2. The van der Waals surface area contributed by atoms with Crippen molar-refractivity contribution in [2.75, 3.05) is 33.2 Å². The van der Waals surface area contributed by atoms with Gasteiger partial charge < -0.3 is 14.8 Å². The van der Waals surface area contributed by atoms with E-state index in [9.17, 15) is 4.79 Å². The Morgan fingerprint density at radius 3 is 2.66 bits per heavy atom. The Balaban J connectivity index is 0.00000267. The highest BCUT2D eigenvalue weighted by Crippen LogP contribution is 2.46. The molecule has 6 rings (SSSR count). The number of fused-ring (bicyclic) bond motifs is 2. The standard InChI is InChI=1S/C27H34N6OS.H2/c1-15(2)21-22-17(4)24(18-6-8-32(9-7-18)27(34)20-11-31(5)12-20)35-26(22)30-23(21)19-10-16(3)25-28-14-29-33(25)13-19;/h10,13-15,18,20,30H,6-9,11-12H2,1-5H3;1H. The van der Waals surface area contributed by atoms with Gasteiger partial charge in [-0.3, -0.25) is 4.79 Å². The van der Waals surface area contributed by atoms with E-state index in [-0.39, 0.29) is 7.34 Å². The highest BCUT2D eigenvalue weighted by Gasteiger charge is 2.35. The topological polar surface area (TPSA) is 69.5 Å². The number of piperidine rings is 1. The van der Waals surface area contributed by atoms with Gasteiger partial charge >= 0.3 is 0 Å². The SMILES string of the molecule is Cc1c(C2CCN(C(=O)C3CN(C)C3)CC2)sc2[nH]c(-c3cc(C)c4ncnn4c3)c(C(C)C)c12.[HH]. The van der Waals surface area contributed by atoms with Crippen LogP contribution in [0.5, 0.6) is 0 Å². The van der Waals surface area contributed by atoms with Crippen LogP contribution in [0.2, 0.25) is 0 Å². The molecule has 0 unspecified atom stereocenters. The van der Waals surface area contributed by atoms with Crippen molar-refractivity contribution in [1.82, 2.24) is 29.4 Å². The van der Waals surface area contributed by atoms with Gasteiger partial charge in [0.05, 0.1) is 11.6 Å². The summed E-state index contributed by atoms with van der Waals surface area (Å²) in [5.41, 5.74) is 7.19. The molecular weight excluding hydrogens is 456 g/mol. The number of nitrogens with zero attached hydrogens (tertiary/aromatic N) is 5. The lowest BCUT2D eigenvalue weighted by Crippen LogP contribution is -2.53. The molecule has 2 fully saturated rings. The molecule has 4 aromatic rings. The molecule has 7 nitrogen and oxygen atoms in total. The highest BCUT2D eigenvalue weighted by molar-refractivity contribution is 7.19. The molecule has 0 atom stereocenters. The Kier molecular flexibility index (Phi) is 5.49. The lowest BCUT2D eigenvalue weighted by atomic mass is 9.89.